The lowest BCUT2D eigenvalue weighted by molar-refractivity contribution is -0.124. The number of piperidine rings is 1. The number of nitrogens with one attached hydrogen (secondary N) is 3. The lowest BCUT2D eigenvalue weighted by Gasteiger charge is -2.29. The van der Waals surface area contributed by atoms with E-state index in [0.29, 0.717) is 19.4 Å². The van der Waals surface area contributed by atoms with E-state index in [-0.39, 0.29) is 53.4 Å². The summed E-state index contributed by atoms with van der Waals surface area (Å²) in [7, 11) is 0. The molecule has 2 aromatic rings. The van der Waals surface area contributed by atoms with Gasteiger partial charge in [-0.25, -0.2) is 13.2 Å². The number of carbonyl (C=O) groups is 2. The summed E-state index contributed by atoms with van der Waals surface area (Å²) < 4.78 is 48.2. The van der Waals surface area contributed by atoms with Crippen molar-refractivity contribution in [1.82, 2.24) is 20.4 Å². The molecule has 1 aromatic heterocycles. The quantitative estimate of drug-likeness (QED) is 0.506. The third-order valence-electron chi connectivity index (χ3n) is 6.86. The maximum atomic E-state index is 14.1. The van der Waals surface area contributed by atoms with Gasteiger partial charge in [0.25, 0.3) is 11.8 Å². The number of aromatic nitrogens is 2. The van der Waals surface area contributed by atoms with Crippen molar-refractivity contribution < 1.29 is 27.5 Å². The maximum Gasteiger partial charge on any atom is 0.275 e. The molecule has 2 aliphatic carbocycles. The Balaban J connectivity index is 1.06. The minimum atomic E-state index is -2.76. The van der Waals surface area contributed by atoms with Gasteiger partial charge in [0, 0.05) is 37.3 Å². The second-order valence-electron chi connectivity index (χ2n) is 9.38. The molecular formula is C23H25ClF3N5O3. The van der Waals surface area contributed by atoms with Crippen LogP contribution in [-0.2, 0) is 15.1 Å². The first-order chi connectivity index (χ1) is 16.7. The molecule has 3 N–H and O–H groups in total. The maximum absolute atomic E-state index is 14.1. The van der Waals surface area contributed by atoms with E-state index in [1.54, 1.807) is 0 Å². The second kappa shape index (κ2) is 9.02. The monoisotopic (exact) mass is 511 g/mol. The molecule has 2 amide bonds. The van der Waals surface area contributed by atoms with Crippen LogP contribution in [0.15, 0.2) is 30.5 Å². The van der Waals surface area contributed by atoms with Gasteiger partial charge in [0.05, 0.1) is 11.1 Å². The molecule has 3 atom stereocenters. The standard InChI is InChI=1S/C23H25ClF3N5O3/c24-16-5-4-15(9-17(16)25)35-11-20(33)29-14-3-6-18(28-10-14)21(34)30-19-7-8-32(31-19)22(13-1-2-13)12-23(22,26)27/h4-5,7-9,13-14,18,28H,1-3,6,10-12H2,(H,29,33)(H,30,31,34). The van der Waals surface area contributed by atoms with Crippen molar-refractivity contribution >= 4 is 29.2 Å². The molecule has 3 fully saturated rings. The molecule has 1 aromatic carbocycles. The number of alkyl halides is 2. The SMILES string of the molecule is O=C(COc1ccc(Cl)c(F)c1)NC1CCC(C(=O)Nc2ccn(C3(C4CC4)CC3(F)F)n2)NC1. The minimum Gasteiger partial charge on any atom is -0.484 e. The fourth-order valence-electron chi connectivity index (χ4n) is 4.75. The number of nitrogens with zero attached hydrogens (tertiary/aromatic N) is 2. The number of ether oxygens (including phenoxy) is 1. The fraction of sp³-hybridized carbons (Fsp3) is 0.522. The first kappa shape index (κ1) is 23.9. The van der Waals surface area contributed by atoms with Crippen molar-refractivity contribution in [3.05, 3.63) is 41.3 Å². The van der Waals surface area contributed by atoms with E-state index in [1.165, 1.54) is 29.1 Å². The van der Waals surface area contributed by atoms with Crippen LogP contribution in [0.2, 0.25) is 5.02 Å². The zero-order chi connectivity index (χ0) is 24.8. The summed E-state index contributed by atoms with van der Waals surface area (Å²) in [6.45, 7) is 0.0798. The molecule has 35 heavy (non-hydrogen) atoms. The van der Waals surface area contributed by atoms with Gasteiger partial charge < -0.3 is 20.7 Å². The molecule has 8 nitrogen and oxygen atoms in total. The van der Waals surface area contributed by atoms with Crippen molar-refractivity contribution in [2.75, 3.05) is 18.5 Å². The predicted octanol–water partition coefficient (Wildman–Crippen LogP) is 3.07. The third-order valence-corrected chi connectivity index (χ3v) is 7.17. The van der Waals surface area contributed by atoms with E-state index in [4.69, 9.17) is 16.3 Å². The van der Waals surface area contributed by atoms with Crippen molar-refractivity contribution in [1.29, 1.82) is 0 Å². The molecule has 0 radical (unpaired) electrons. The van der Waals surface area contributed by atoms with Crippen LogP contribution in [-0.4, -0.2) is 52.8 Å². The Kier molecular flexibility index (Phi) is 6.16. The van der Waals surface area contributed by atoms with Crippen LogP contribution >= 0.6 is 11.6 Å². The van der Waals surface area contributed by atoms with Gasteiger partial charge in [-0.15, -0.1) is 0 Å². The van der Waals surface area contributed by atoms with Gasteiger partial charge in [0.2, 0.25) is 5.91 Å². The Bertz CT molecular complexity index is 1130. The number of anilines is 1. The summed E-state index contributed by atoms with van der Waals surface area (Å²) in [5.74, 6) is -3.71. The van der Waals surface area contributed by atoms with E-state index in [9.17, 15) is 22.8 Å². The van der Waals surface area contributed by atoms with E-state index in [2.05, 4.69) is 21.0 Å². The summed E-state index contributed by atoms with van der Waals surface area (Å²) in [4.78, 5) is 24.8. The number of amides is 2. The van der Waals surface area contributed by atoms with Crippen molar-refractivity contribution in [2.45, 2.75) is 55.6 Å². The summed E-state index contributed by atoms with van der Waals surface area (Å²) in [5, 5.41) is 12.8. The molecule has 3 aliphatic rings. The number of rotatable bonds is 8. The van der Waals surface area contributed by atoms with E-state index < -0.39 is 23.3 Å². The van der Waals surface area contributed by atoms with E-state index >= 15 is 0 Å². The number of carbonyl (C=O) groups excluding carboxylic acids is 2. The molecule has 12 heteroatoms. The van der Waals surface area contributed by atoms with Crippen LogP contribution < -0.4 is 20.7 Å². The van der Waals surface area contributed by atoms with Crippen LogP contribution in [0, 0.1) is 11.7 Å². The Morgan fingerprint density at radius 2 is 2.00 bits per heavy atom. The van der Waals surface area contributed by atoms with Crippen LogP contribution in [0.5, 0.6) is 5.75 Å². The first-order valence-electron chi connectivity index (χ1n) is 11.5. The van der Waals surface area contributed by atoms with Gasteiger partial charge in [-0.2, -0.15) is 5.10 Å². The molecule has 0 spiro atoms. The predicted molar refractivity (Wildman–Crippen MR) is 121 cm³/mol. The second-order valence-corrected chi connectivity index (χ2v) is 9.79. The molecule has 2 saturated carbocycles. The van der Waals surface area contributed by atoms with Crippen LogP contribution in [0.25, 0.3) is 0 Å². The smallest absolute Gasteiger partial charge is 0.275 e. The van der Waals surface area contributed by atoms with Crippen LogP contribution in [0.3, 0.4) is 0 Å². The summed E-state index contributed by atoms with van der Waals surface area (Å²) in [6.07, 6.45) is 3.86. The highest BCUT2D eigenvalue weighted by Gasteiger charge is 2.78. The largest absolute Gasteiger partial charge is 0.484 e. The molecular weight excluding hydrogens is 487 g/mol. The molecule has 0 bridgehead atoms. The highest BCUT2D eigenvalue weighted by atomic mass is 35.5. The Morgan fingerprint density at radius 1 is 1.23 bits per heavy atom. The summed E-state index contributed by atoms with van der Waals surface area (Å²) >= 11 is 5.62. The van der Waals surface area contributed by atoms with Crippen molar-refractivity contribution in [2.24, 2.45) is 5.92 Å². The topological polar surface area (TPSA) is 97.3 Å². The lowest BCUT2D eigenvalue weighted by Crippen LogP contribution is -2.53. The van der Waals surface area contributed by atoms with Crippen molar-refractivity contribution in [3.63, 3.8) is 0 Å². The van der Waals surface area contributed by atoms with E-state index in [0.717, 1.165) is 18.9 Å². The van der Waals surface area contributed by atoms with Crippen molar-refractivity contribution in [3.8, 4) is 5.75 Å². The number of hydrogen-bond donors (Lipinski definition) is 3. The van der Waals surface area contributed by atoms with Gasteiger partial charge in [-0.05, 0) is 43.7 Å². The Labute approximate surface area is 204 Å². The fourth-order valence-corrected chi connectivity index (χ4v) is 4.87. The lowest BCUT2D eigenvalue weighted by atomic mass is 10.00. The molecule has 188 valence electrons. The highest BCUT2D eigenvalue weighted by molar-refractivity contribution is 6.30. The van der Waals surface area contributed by atoms with Gasteiger partial charge in [-0.3, -0.25) is 14.3 Å². The molecule has 2 heterocycles. The van der Waals surface area contributed by atoms with Gasteiger partial charge in [-0.1, -0.05) is 11.6 Å². The highest BCUT2D eigenvalue weighted by Crippen LogP contribution is 2.68. The Morgan fingerprint density at radius 3 is 2.63 bits per heavy atom. The van der Waals surface area contributed by atoms with E-state index in [1.807, 2.05) is 0 Å². The Hall–Kier alpha value is -2.79. The van der Waals surface area contributed by atoms with Gasteiger partial charge in [0.1, 0.15) is 17.1 Å². The first-order valence-corrected chi connectivity index (χ1v) is 11.9. The zero-order valence-electron chi connectivity index (χ0n) is 18.7. The minimum absolute atomic E-state index is 0.0336. The average Bonchev–Trinajstić information content (AvgIpc) is 3.71. The molecule has 5 rings (SSSR count). The van der Waals surface area contributed by atoms with Gasteiger partial charge in [0.15, 0.2) is 12.4 Å². The van der Waals surface area contributed by atoms with Gasteiger partial charge >= 0.3 is 0 Å². The number of halogens is 4. The molecule has 1 saturated heterocycles. The third kappa shape index (κ3) is 4.84. The summed E-state index contributed by atoms with van der Waals surface area (Å²) in [5.41, 5.74) is -1.24. The van der Waals surface area contributed by atoms with Crippen LogP contribution in [0.1, 0.15) is 32.1 Å². The zero-order valence-corrected chi connectivity index (χ0v) is 19.5. The normalized spacial score (nSPS) is 27.2. The average molecular weight is 512 g/mol. The number of benzene rings is 1. The summed E-state index contributed by atoms with van der Waals surface area (Å²) in [6, 6.07) is 4.75. The molecule has 1 aliphatic heterocycles. The number of hydrogen-bond acceptors (Lipinski definition) is 5. The molecule has 3 unspecified atom stereocenters. The van der Waals surface area contributed by atoms with Crippen LogP contribution in [0.4, 0.5) is 19.0 Å².